The van der Waals surface area contributed by atoms with E-state index in [1.807, 2.05) is 6.07 Å². The van der Waals surface area contributed by atoms with Gasteiger partial charge in [-0.25, -0.2) is 0 Å². The molecule has 116 valence electrons. The van der Waals surface area contributed by atoms with Crippen LogP contribution in [0.25, 0.3) is 0 Å². The van der Waals surface area contributed by atoms with E-state index >= 15 is 0 Å². The summed E-state index contributed by atoms with van der Waals surface area (Å²) in [4.78, 5) is 2.60. The molecule has 21 heavy (non-hydrogen) atoms. The van der Waals surface area contributed by atoms with Gasteiger partial charge in [-0.2, -0.15) is 0 Å². The Balaban J connectivity index is 1.75. The lowest BCUT2D eigenvalue weighted by Crippen LogP contribution is -2.45. The Hall–Kier alpha value is -0.0900. The van der Waals surface area contributed by atoms with Crippen molar-refractivity contribution in [2.24, 2.45) is 17.6 Å². The minimum atomic E-state index is 0.321. The molecular weight excluding hydrogens is 348 g/mol. The molecule has 1 saturated heterocycles. The molecule has 0 aromatic heterocycles. The Bertz CT molecular complexity index is 494. The van der Waals surface area contributed by atoms with Crippen LogP contribution >= 0.6 is 27.5 Å². The number of benzene rings is 1. The Morgan fingerprint density at radius 1 is 1.24 bits per heavy atom. The first kappa shape index (κ1) is 15.8. The molecule has 1 saturated carbocycles. The first-order chi connectivity index (χ1) is 10.2. The number of nitrogens with zero attached hydrogens (tertiary/aromatic N) is 1. The monoisotopic (exact) mass is 370 g/mol. The van der Waals surface area contributed by atoms with Crippen LogP contribution in [0.15, 0.2) is 22.7 Å². The van der Waals surface area contributed by atoms with Crippen molar-refractivity contribution in [1.82, 2.24) is 4.90 Å². The van der Waals surface area contributed by atoms with E-state index in [1.54, 1.807) is 0 Å². The van der Waals surface area contributed by atoms with Gasteiger partial charge in [-0.3, -0.25) is 4.90 Å². The molecular formula is C17H24BrClN2. The van der Waals surface area contributed by atoms with E-state index in [0.717, 1.165) is 21.3 Å². The van der Waals surface area contributed by atoms with E-state index in [1.165, 1.54) is 50.8 Å². The van der Waals surface area contributed by atoms with E-state index in [9.17, 15) is 0 Å². The lowest BCUT2D eigenvalue weighted by molar-refractivity contribution is 0.0586. The summed E-state index contributed by atoms with van der Waals surface area (Å²) in [5, 5.41) is 0.764. The van der Waals surface area contributed by atoms with Crippen molar-refractivity contribution in [3.05, 3.63) is 33.3 Å². The Kier molecular flexibility index (Phi) is 5.26. The molecule has 2 nitrogen and oxygen atoms in total. The second-order valence-electron chi connectivity index (χ2n) is 6.51. The highest BCUT2D eigenvalue weighted by molar-refractivity contribution is 9.10. The number of rotatable bonds is 3. The van der Waals surface area contributed by atoms with Crippen LogP contribution in [0.5, 0.6) is 0 Å². The molecule has 1 aromatic rings. The van der Waals surface area contributed by atoms with Crippen molar-refractivity contribution < 1.29 is 0 Å². The maximum absolute atomic E-state index is 6.11. The second kappa shape index (κ2) is 6.99. The van der Waals surface area contributed by atoms with Gasteiger partial charge in [-0.05, 0) is 64.8 Å². The number of likely N-dealkylation sites (tertiary alicyclic amines) is 1. The molecule has 0 amide bonds. The quantitative estimate of drug-likeness (QED) is 0.840. The van der Waals surface area contributed by atoms with Crippen molar-refractivity contribution >= 4 is 27.5 Å². The minimum absolute atomic E-state index is 0.321. The van der Waals surface area contributed by atoms with Crippen LogP contribution in [0.2, 0.25) is 5.02 Å². The molecule has 1 aromatic carbocycles. The van der Waals surface area contributed by atoms with Crippen LogP contribution in [-0.2, 0) is 0 Å². The summed E-state index contributed by atoms with van der Waals surface area (Å²) >= 11 is 9.65. The lowest BCUT2D eigenvalue weighted by Gasteiger charge is -2.44. The average molecular weight is 372 g/mol. The molecule has 2 aliphatic rings. The van der Waals surface area contributed by atoms with Gasteiger partial charge in [0.1, 0.15) is 0 Å². The van der Waals surface area contributed by atoms with Gasteiger partial charge in [-0.15, -0.1) is 0 Å². The third-order valence-corrected chi connectivity index (χ3v) is 6.53. The molecule has 4 heteroatoms. The lowest BCUT2D eigenvalue weighted by atomic mass is 9.74. The summed E-state index contributed by atoms with van der Waals surface area (Å²) in [6, 6.07) is 6.54. The predicted octanol–water partition coefficient (Wildman–Crippen LogP) is 4.61. The number of nitrogens with two attached hydrogens (primary N) is 1. The van der Waals surface area contributed by atoms with Gasteiger partial charge < -0.3 is 5.73 Å². The van der Waals surface area contributed by atoms with Crippen LogP contribution in [-0.4, -0.2) is 24.5 Å². The van der Waals surface area contributed by atoms with E-state index < -0.39 is 0 Å². The van der Waals surface area contributed by atoms with Gasteiger partial charge in [0.25, 0.3) is 0 Å². The van der Waals surface area contributed by atoms with Crippen molar-refractivity contribution in [1.29, 1.82) is 0 Å². The molecule has 1 heterocycles. The van der Waals surface area contributed by atoms with E-state index in [0.29, 0.717) is 12.6 Å². The molecule has 3 rings (SSSR count). The summed E-state index contributed by atoms with van der Waals surface area (Å²) in [5.74, 6) is 1.85. The highest BCUT2D eigenvalue weighted by Gasteiger charge is 2.33. The van der Waals surface area contributed by atoms with Crippen molar-refractivity contribution in [2.45, 2.75) is 38.1 Å². The molecule has 1 aliphatic heterocycles. The molecule has 0 spiro atoms. The maximum Gasteiger partial charge on any atom is 0.0548 e. The highest BCUT2D eigenvalue weighted by Crippen LogP contribution is 2.39. The predicted molar refractivity (Wildman–Crippen MR) is 92.6 cm³/mol. The molecule has 0 radical (unpaired) electrons. The fraction of sp³-hybridized carbons (Fsp3) is 0.647. The van der Waals surface area contributed by atoms with E-state index in [-0.39, 0.29) is 0 Å². The van der Waals surface area contributed by atoms with Crippen molar-refractivity contribution in [3.8, 4) is 0 Å². The Morgan fingerprint density at radius 2 is 2.00 bits per heavy atom. The molecule has 3 atom stereocenters. The topological polar surface area (TPSA) is 29.3 Å². The fourth-order valence-electron chi connectivity index (χ4n) is 4.13. The van der Waals surface area contributed by atoms with Crippen LogP contribution in [0.3, 0.4) is 0 Å². The normalized spacial score (nSPS) is 28.1. The van der Waals surface area contributed by atoms with Crippen molar-refractivity contribution in [3.63, 3.8) is 0 Å². The highest BCUT2D eigenvalue weighted by atomic mass is 79.9. The van der Waals surface area contributed by atoms with Gasteiger partial charge in [-0.1, -0.05) is 36.9 Å². The van der Waals surface area contributed by atoms with E-state index in [4.69, 9.17) is 17.3 Å². The number of fused-ring (bicyclic) bond motifs is 1. The van der Waals surface area contributed by atoms with Crippen LogP contribution in [0, 0.1) is 11.8 Å². The third kappa shape index (κ3) is 3.47. The van der Waals surface area contributed by atoms with E-state index in [2.05, 4.69) is 33.0 Å². The van der Waals surface area contributed by atoms with Crippen LogP contribution < -0.4 is 5.73 Å². The van der Waals surface area contributed by atoms with Crippen molar-refractivity contribution in [2.75, 3.05) is 19.6 Å². The number of hydrogen-bond acceptors (Lipinski definition) is 2. The first-order valence-corrected chi connectivity index (χ1v) is 9.25. The number of hydrogen-bond donors (Lipinski definition) is 1. The number of halogens is 2. The zero-order valence-electron chi connectivity index (χ0n) is 12.4. The fourth-order valence-corrected chi connectivity index (χ4v) is 4.64. The summed E-state index contributed by atoms with van der Waals surface area (Å²) in [7, 11) is 0. The van der Waals surface area contributed by atoms with Gasteiger partial charge in [0, 0.05) is 23.6 Å². The minimum Gasteiger partial charge on any atom is -0.329 e. The number of piperidine rings is 1. The summed E-state index contributed by atoms with van der Waals surface area (Å²) in [6.45, 7) is 3.07. The Labute approximate surface area is 141 Å². The maximum atomic E-state index is 6.11. The average Bonchev–Trinajstić information content (AvgIpc) is 2.51. The molecule has 3 unspecified atom stereocenters. The van der Waals surface area contributed by atoms with Gasteiger partial charge in [0.05, 0.1) is 5.02 Å². The second-order valence-corrected chi connectivity index (χ2v) is 7.77. The van der Waals surface area contributed by atoms with Gasteiger partial charge in [0.2, 0.25) is 0 Å². The molecule has 0 bridgehead atoms. The summed E-state index contributed by atoms with van der Waals surface area (Å²) in [6.07, 6.45) is 7.04. The first-order valence-electron chi connectivity index (χ1n) is 8.08. The molecule has 2 fully saturated rings. The summed E-state index contributed by atoms with van der Waals surface area (Å²) < 4.78 is 0.965. The zero-order valence-corrected chi connectivity index (χ0v) is 14.7. The summed E-state index contributed by atoms with van der Waals surface area (Å²) in [5.41, 5.74) is 7.38. The third-order valence-electron chi connectivity index (χ3n) is 5.32. The van der Waals surface area contributed by atoms with Crippen LogP contribution in [0.1, 0.15) is 43.7 Å². The van der Waals surface area contributed by atoms with Crippen LogP contribution in [0.4, 0.5) is 0 Å². The smallest absolute Gasteiger partial charge is 0.0548 e. The largest absolute Gasteiger partial charge is 0.329 e. The standard InChI is InChI=1S/C17H24BrClN2/c18-15-9-13(5-6-16(15)19)17(10-20)21-8-7-12-3-1-2-4-14(12)11-21/h5-6,9,12,14,17H,1-4,7-8,10-11,20H2. The molecule has 1 aliphatic carbocycles. The SMILES string of the molecule is NCC(c1ccc(Cl)c(Br)c1)N1CCC2CCCCC2C1. The Morgan fingerprint density at radius 3 is 2.71 bits per heavy atom. The van der Waals surface area contributed by atoms with Gasteiger partial charge >= 0.3 is 0 Å². The molecule has 2 N–H and O–H groups in total. The van der Waals surface area contributed by atoms with Gasteiger partial charge in [0.15, 0.2) is 0 Å². The zero-order chi connectivity index (χ0) is 14.8.